The van der Waals surface area contributed by atoms with Crippen LogP contribution in [0.15, 0.2) is 51.5 Å². The smallest absolute Gasteiger partial charge is 0.322 e. The summed E-state index contributed by atoms with van der Waals surface area (Å²) in [7, 11) is 0. The van der Waals surface area contributed by atoms with Crippen LogP contribution in [0.2, 0.25) is 5.02 Å². The van der Waals surface area contributed by atoms with Crippen molar-refractivity contribution in [1.82, 2.24) is 0 Å². The summed E-state index contributed by atoms with van der Waals surface area (Å²) >= 11 is 13.0. The minimum absolute atomic E-state index is 0.0285. The number of rotatable bonds is 4. The van der Waals surface area contributed by atoms with Crippen LogP contribution in [-0.2, 0) is 14.3 Å². The topological polar surface area (TPSA) is 43.4 Å². The number of benzene rings is 1. The highest BCUT2D eigenvalue weighted by atomic mass is 35.5. The van der Waals surface area contributed by atoms with E-state index in [1.54, 1.807) is 26.0 Å². The van der Waals surface area contributed by atoms with Crippen LogP contribution in [0, 0.1) is 0 Å². The van der Waals surface area contributed by atoms with Crippen molar-refractivity contribution in [2.75, 3.05) is 5.88 Å². The highest BCUT2D eigenvalue weighted by molar-refractivity contribution is 8.01. The zero-order valence-corrected chi connectivity index (χ0v) is 16.2. The number of ether oxygens (including phenoxy) is 1. The minimum atomic E-state index is -1.08. The molecule has 1 aliphatic carbocycles. The van der Waals surface area contributed by atoms with Crippen molar-refractivity contribution in [2.24, 2.45) is 0 Å². The third-order valence-electron chi connectivity index (χ3n) is 4.24. The van der Waals surface area contributed by atoms with Crippen molar-refractivity contribution in [3.05, 3.63) is 51.6 Å². The summed E-state index contributed by atoms with van der Waals surface area (Å²) < 4.78 is 5.77. The monoisotopic (exact) mass is 384 g/mol. The molecule has 1 aromatic carbocycles. The molecule has 0 atom stereocenters. The number of carbonyl (C=O) groups excluding carboxylic acids is 2. The van der Waals surface area contributed by atoms with Gasteiger partial charge in [-0.3, -0.25) is 9.59 Å². The lowest BCUT2D eigenvalue weighted by Crippen LogP contribution is -2.40. The number of ketones is 1. The Kier molecular flexibility index (Phi) is 5.84. The van der Waals surface area contributed by atoms with Crippen molar-refractivity contribution < 1.29 is 14.3 Å². The molecule has 0 fully saturated rings. The second kappa shape index (κ2) is 7.34. The molecule has 0 saturated carbocycles. The maximum atomic E-state index is 12.4. The number of hydrogen-bond donors (Lipinski definition) is 0. The maximum Gasteiger partial charge on any atom is 0.322 e. The molecule has 24 heavy (non-hydrogen) atoms. The van der Waals surface area contributed by atoms with Gasteiger partial charge >= 0.3 is 5.97 Å². The Morgan fingerprint density at radius 1 is 1.08 bits per heavy atom. The lowest BCUT2D eigenvalue weighted by molar-refractivity contribution is -0.144. The first-order valence-electron chi connectivity index (χ1n) is 7.36. The van der Waals surface area contributed by atoms with E-state index in [-0.39, 0.29) is 11.7 Å². The van der Waals surface area contributed by atoms with Crippen LogP contribution in [0.1, 0.15) is 27.7 Å². The quantitative estimate of drug-likeness (QED) is 0.408. The molecule has 0 spiro atoms. The van der Waals surface area contributed by atoms with E-state index in [4.69, 9.17) is 27.9 Å². The molecule has 0 N–H and O–H groups in total. The summed E-state index contributed by atoms with van der Waals surface area (Å²) in [4.78, 5) is 24.2. The molecule has 3 nitrogen and oxygen atoms in total. The van der Waals surface area contributed by atoms with Gasteiger partial charge in [0.15, 0.2) is 5.78 Å². The lowest BCUT2D eigenvalue weighted by atomic mass is 9.85. The van der Waals surface area contributed by atoms with Crippen molar-refractivity contribution in [2.45, 2.75) is 37.5 Å². The van der Waals surface area contributed by atoms with Gasteiger partial charge in [-0.05, 0) is 63.1 Å². The Hall–Kier alpha value is -1.23. The van der Waals surface area contributed by atoms with Crippen LogP contribution >= 0.6 is 35.0 Å². The fourth-order valence-electron chi connectivity index (χ4n) is 2.58. The number of alkyl halides is 1. The normalized spacial score (nSPS) is 17.3. The van der Waals surface area contributed by atoms with E-state index in [1.165, 1.54) is 11.8 Å². The fourth-order valence-corrected chi connectivity index (χ4v) is 4.11. The van der Waals surface area contributed by atoms with Gasteiger partial charge in [-0.1, -0.05) is 23.4 Å². The second-order valence-electron chi connectivity index (χ2n) is 5.61. The van der Waals surface area contributed by atoms with Gasteiger partial charge in [0, 0.05) is 21.1 Å². The van der Waals surface area contributed by atoms with Crippen LogP contribution in [0.4, 0.5) is 0 Å². The van der Waals surface area contributed by atoms with Crippen molar-refractivity contribution >= 4 is 46.7 Å². The third-order valence-corrected chi connectivity index (χ3v) is 6.20. The SMILES string of the molecule is CC1=C(C)C(OC(=O)CCl)(Sc2ccc(Cl)cc2)C(C)=C(C)C1=O. The Labute approximate surface area is 156 Å². The van der Waals surface area contributed by atoms with Gasteiger partial charge in [-0.15, -0.1) is 11.6 Å². The van der Waals surface area contributed by atoms with E-state index < -0.39 is 10.9 Å². The van der Waals surface area contributed by atoms with Crippen LogP contribution in [0.25, 0.3) is 0 Å². The molecule has 0 aromatic heterocycles. The number of esters is 1. The Morgan fingerprint density at radius 2 is 1.58 bits per heavy atom. The van der Waals surface area contributed by atoms with Crippen molar-refractivity contribution in [1.29, 1.82) is 0 Å². The van der Waals surface area contributed by atoms with Gasteiger partial charge in [-0.25, -0.2) is 0 Å². The van der Waals surface area contributed by atoms with E-state index in [0.29, 0.717) is 27.3 Å². The minimum Gasteiger partial charge on any atom is -0.438 e. The summed E-state index contributed by atoms with van der Waals surface area (Å²) in [6.07, 6.45) is 0. The summed E-state index contributed by atoms with van der Waals surface area (Å²) in [5.74, 6) is -0.818. The van der Waals surface area contributed by atoms with Gasteiger partial charge in [0.1, 0.15) is 5.88 Å². The van der Waals surface area contributed by atoms with Gasteiger partial charge < -0.3 is 4.74 Å². The van der Waals surface area contributed by atoms with Crippen LogP contribution < -0.4 is 0 Å². The van der Waals surface area contributed by atoms with Gasteiger partial charge in [0.05, 0.1) is 0 Å². The largest absolute Gasteiger partial charge is 0.438 e. The molecule has 0 radical (unpaired) electrons. The first kappa shape index (κ1) is 19.1. The number of hydrogen-bond acceptors (Lipinski definition) is 4. The first-order chi connectivity index (χ1) is 11.2. The Morgan fingerprint density at radius 3 is 2.04 bits per heavy atom. The van der Waals surface area contributed by atoms with Gasteiger partial charge in [0.2, 0.25) is 4.93 Å². The second-order valence-corrected chi connectivity index (χ2v) is 7.56. The van der Waals surface area contributed by atoms with Gasteiger partial charge in [-0.2, -0.15) is 0 Å². The van der Waals surface area contributed by atoms with E-state index in [2.05, 4.69) is 0 Å². The van der Waals surface area contributed by atoms with Crippen molar-refractivity contribution in [3.8, 4) is 0 Å². The summed E-state index contributed by atoms with van der Waals surface area (Å²) in [5, 5.41) is 0.622. The average Bonchev–Trinajstić information content (AvgIpc) is 2.58. The highest BCUT2D eigenvalue weighted by Crippen LogP contribution is 2.49. The molecule has 6 heteroatoms. The fraction of sp³-hybridized carbons (Fsp3) is 0.333. The molecular weight excluding hydrogens is 367 g/mol. The zero-order valence-electron chi connectivity index (χ0n) is 13.9. The summed E-state index contributed by atoms with van der Waals surface area (Å²) in [6.45, 7) is 7.12. The molecule has 0 unspecified atom stereocenters. The van der Waals surface area contributed by atoms with E-state index >= 15 is 0 Å². The number of carbonyl (C=O) groups is 2. The van der Waals surface area contributed by atoms with Crippen LogP contribution in [0.5, 0.6) is 0 Å². The number of Topliss-reactive ketones (excluding diaryl/α,β-unsaturated/α-hetero) is 1. The molecule has 2 rings (SSSR count). The molecule has 128 valence electrons. The average molecular weight is 385 g/mol. The Balaban J connectivity index is 2.60. The van der Waals surface area contributed by atoms with Crippen LogP contribution in [0.3, 0.4) is 0 Å². The van der Waals surface area contributed by atoms with Crippen molar-refractivity contribution in [3.63, 3.8) is 0 Å². The van der Waals surface area contributed by atoms with Crippen LogP contribution in [-0.4, -0.2) is 22.6 Å². The summed E-state index contributed by atoms with van der Waals surface area (Å²) in [5.41, 5.74) is 2.58. The molecule has 0 bridgehead atoms. The molecule has 1 aliphatic rings. The van der Waals surface area contributed by atoms with E-state index in [0.717, 1.165) is 4.90 Å². The maximum absolute atomic E-state index is 12.4. The molecular formula is C18H18Cl2O3S. The zero-order chi connectivity index (χ0) is 18.1. The standard InChI is InChI=1S/C18H18Cl2O3S/c1-10-12(3)18(23-16(21)9-19,13(4)11(2)17(10)22)24-15-7-5-14(20)6-8-15/h5-8H,9H2,1-4H3. The predicted octanol–water partition coefficient (Wildman–Crippen LogP) is 5.17. The third kappa shape index (κ3) is 3.41. The molecule has 0 heterocycles. The van der Waals surface area contributed by atoms with E-state index in [1.807, 2.05) is 26.0 Å². The Bertz CT molecular complexity index is 720. The molecule has 0 amide bonds. The number of thioether (sulfide) groups is 1. The summed E-state index contributed by atoms with van der Waals surface area (Å²) in [6, 6.07) is 7.25. The van der Waals surface area contributed by atoms with Gasteiger partial charge in [0.25, 0.3) is 0 Å². The number of allylic oxidation sites excluding steroid dienone is 2. The molecule has 1 aromatic rings. The number of halogens is 2. The van der Waals surface area contributed by atoms with E-state index in [9.17, 15) is 9.59 Å². The first-order valence-corrected chi connectivity index (χ1v) is 9.08. The molecule has 0 aliphatic heterocycles. The highest BCUT2D eigenvalue weighted by Gasteiger charge is 2.45. The predicted molar refractivity (Wildman–Crippen MR) is 98.6 cm³/mol. The molecule has 0 saturated heterocycles. The lowest BCUT2D eigenvalue weighted by Gasteiger charge is -2.39.